The molecule has 0 aromatic rings. The van der Waals surface area contributed by atoms with E-state index < -0.39 is 12.2 Å². The van der Waals surface area contributed by atoms with Crippen molar-refractivity contribution in [3.63, 3.8) is 0 Å². The van der Waals surface area contributed by atoms with Crippen molar-refractivity contribution in [2.45, 2.75) is 44.3 Å². The predicted octanol–water partition coefficient (Wildman–Crippen LogP) is 2.72. The zero-order chi connectivity index (χ0) is 10.2. The van der Waals surface area contributed by atoms with E-state index in [1.165, 1.54) is 0 Å². The van der Waals surface area contributed by atoms with Crippen molar-refractivity contribution in [1.29, 1.82) is 0 Å². The lowest BCUT2D eigenvalue weighted by Crippen LogP contribution is -2.54. The van der Waals surface area contributed by atoms with Gasteiger partial charge < -0.3 is 5.32 Å². The van der Waals surface area contributed by atoms with Gasteiger partial charge in [-0.05, 0) is 31.2 Å². The molecule has 14 heavy (non-hydrogen) atoms. The van der Waals surface area contributed by atoms with Crippen LogP contribution in [-0.2, 0) is 0 Å². The Kier molecular flexibility index (Phi) is 2.73. The third kappa shape index (κ3) is 1.90. The molecule has 82 valence electrons. The normalized spacial score (nSPS) is 39.2. The number of rotatable bonds is 0. The molecular formula is C10H16F3N. The molecule has 1 aliphatic heterocycles. The maximum atomic E-state index is 12.6. The average molecular weight is 207 g/mol. The molecule has 1 heterocycles. The lowest BCUT2D eigenvalue weighted by molar-refractivity contribution is -0.181. The van der Waals surface area contributed by atoms with Crippen LogP contribution < -0.4 is 5.32 Å². The molecule has 1 saturated heterocycles. The zero-order valence-electron chi connectivity index (χ0n) is 8.11. The molecule has 3 atom stereocenters. The highest BCUT2D eigenvalue weighted by Gasteiger charge is 2.48. The van der Waals surface area contributed by atoms with E-state index in [1.54, 1.807) is 0 Å². The van der Waals surface area contributed by atoms with Crippen LogP contribution in [0.1, 0.15) is 32.1 Å². The maximum Gasteiger partial charge on any atom is 0.404 e. The maximum absolute atomic E-state index is 12.6. The largest absolute Gasteiger partial charge is 0.404 e. The smallest absolute Gasteiger partial charge is 0.306 e. The summed E-state index contributed by atoms with van der Waals surface area (Å²) in [6.07, 6.45) is 0.708. The summed E-state index contributed by atoms with van der Waals surface area (Å²) in [5, 5.41) is 2.63. The van der Waals surface area contributed by atoms with Crippen LogP contribution in [0.2, 0.25) is 0 Å². The van der Waals surface area contributed by atoms with Gasteiger partial charge >= 0.3 is 6.18 Å². The summed E-state index contributed by atoms with van der Waals surface area (Å²) >= 11 is 0. The fourth-order valence-electron chi connectivity index (χ4n) is 2.97. The summed E-state index contributed by atoms with van der Waals surface area (Å²) in [7, 11) is 0. The molecule has 2 aliphatic rings. The summed E-state index contributed by atoms with van der Waals surface area (Å²) < 4.78 is 37.9. The SMILES string of the molecule is FC(F)(F)C1NCCC2CCCC[C@@H]21. The fourth-order valence-corrected chi connectivity index (χ4v) is 2.97. The van der Waals surface area contributed by atoms with Crippen LogP contribution in [-0.4, -0.2) is 18.8 Å². The summed E-state index contributed by atoms with van der Waals surface area (Å²) in [6, 6.07) is -1.23. The number of hydrogen-bond acceptors (Lipinski definition) is 1. The average Bonchev–Trinajstić information content (AvgIpc) is 2.15. The van der Waals surface area contributed by atoms with Gasteiger partial charge in [0, 0.05) is 0 Å². The first kappa shape index (κ1) is 10.3. The second-order valence-corrected chi connectivity index (χ2v) is 4.47. The summed E-state index contributed by atoms with van der Waals surface area (Å²) in [6.45, 7) is 0.533. The van der Waals surface area contributed by atoms with Crippen LogP contribution in [0.5, 0.6) is 0 Å². The summed E-state index contributed by atoms with van der Waals surface area (Å²) in [4.78, 5) is 0. The second-order valence-electron chi connectivity index (χ2n) is 4.47. The van der Waals surface area contributed by atoms with Crippen LogP contribution in [0.4, 0.5) is 13.2 Å². The molecular weight excluding hydrogens is 191 g/mol. The Hall–Kier alpha value is -0.250. The molecule has 2 unspecified atom stereocenters. The summed E-state index contributed by atoms with van der Waals surface area (Å²) in [5.41, 5.74) is 0. The third-order valence-corrected chi connectivity index (χ3v) is 3.63. The Morgan fingerprint density at radius 3 is 2.43 bits per heavy atom. The molecule has 1 N–H and O–H groups in total. The van der Waals surface area contributed by atoms with Gasteiger partial charge in [0.15, 0.2) is 0 Å². The van der Waals surface area contributed by atoms with Crippen molar-refractivity contribution in [3.05, 3.63) is 0 Å². The topological polar surface area (TPSA) is 12.0 Å². The lowest BCUT2D eigenvalue weighted by Gasteiger charge is -2.42. The number of fused-ring (bicyclic) bond motifs is 1. The van der Waals surface area contributed by atoms with Crippen LogP contribution in [0.25, 0.3) is 0 Å². The third-order valence-electron chi connectivity index (χ3n) is 3.63. The van der Waals surface area contributed by atoms with E-state index in [4.69, 9.17) is 0 Å². The van der Waals surface area contributed by atoms with Gasteiger partial charge in [0.25, 0.3) is 0 Å². The van der Waals surface area contributed by atoms with Crippen molar-refractivity contribution < 1.29 is 13.2 Å². The lowest BCUT2D eigenvalue weighted by atomic mass is 9.71. The number of piperidine rings is 1. The first-order valence-corrected chi connectivity index (χ1v) is 5.39. The molecule has 2 rings (SSSR count). The molecule has 0 amide bonds. The minimum absolute atomic E-state index is 0.155. The first-order valence-electron chi connectivity index (χ1n) is 5.39. The standard InChI is InChI=1S/C10H16F3N/c11-10(12,13)9-8-4-2-1-3-7(8)5-6-14-9/h7-9,14H,1-6H2/t7?,8-,9?/m0/s1. The van der Waals surface area contributed by atoms with E-state index in [0.717, 1.165) is 32.1 Å². The molecule has 1 saturated carbocycles. The Labute approximate surface area is 82.1 Å². The van der Waals surface area contributed by atoms with Crippen molar-refractivity contribution in [3.8, 4) is 0 Å². The van der Waals surface area contributed by atoms with E-state index in [2.05, 4.69) is 5.32 Å². The van der Waals surface area contributed by atoms with Gasteiger partial charge in [-0.3, -0.25) is 0 Å². The van der Waals surface area contributed by atoms with Crippen LogP contribution in [0.3, 0.4) is 0 Å². The number of alkyl halides is 3. The van der Waals surface area contributed by atoms with Crippen molar-refractivity contribution in [2.24, 2.45) is 11.8 Å². The predicted molar refractivity (Wildman–Crippen MR) is 47.9 cm³/mol. The Balaban J connectivity index is 2.09. The summed E-state index contributed by atoms with van der Waals surface area (Å²) in [5.74, 6) is 0.161. The molecule has 0 aromatic heterocycles. The van der Waals surface area contributed by atoms with E-state index in [0.29, 0.717) is 12.5 Å². The Bertz CT molecular complexity index is 200. The fraction of sp³-hybridized carbons (Fsp3) is 1.00. The Morgan fingerprint density at radius 2 is 1.71 bits per heavy atom. The van der Waals surface area contributed by atoms with Gasteiger partial charge in [-0.25, -0.2) is 0 Å². The van der Waals surface area contributed by atoms with E-state index >= 15 is 0 Å². The molecule has 1 aliphatic carbocycles. The van der Waals surface area contributed by atoms with Crippen LogP contribution in [0, 0.1) is 11.8 Å². The van der Waals surface area contributed by atoms with Crippen LogP contribution in [0.15, 0.2) is 0 Å². The van der Waals surface area contributed by atoms with E-state index in [1.807, 2.05) is 0 Å². The minimum atomic E-state index is -4.05. The molecule has 0 radical (unpaired) electrons. The van der Waals surface area contributed by atoms with Crippen molar-refractivity contribution in [2.75, 3.05) is 6.54 Å². The highest BCUT2D eigenvalue weighted by atomic mass is 19.4. The second kappa shape index (κ2) is 3.72. The van der Waals surface area contributed by atoms with Gasteiger partial charge in [0.05, 0.1) is 0 Å². The molecule has 0 bridgehead atoms. The highest BCUT2D eigenvalue weighted by molar-refractivity contribution is 4.92. The van der Waals surface area contributed by atoms with Gasteiger partial charge in [0.1, 0.15) is 6.04 Å². The molecule has 4 heteroatoms. The molecule has 0 aromatic carbocycles. The molecule has 1 nitrogen and oxygen atoms in total. The zero-order valence-corrected chi connectivity index (χ0v) is 8.11. The first-order chi connectivity index (χ1) is 6.59. The Morgan fingerprint density at radius 1 is 1.00 bits per heavy atom. The quantitative estimate of drug-likeness (QED) is 0.644. The molecule has 0 spiro atoms. The van der Waals surface area contributed by atoms with Crippen molar-refractivity contribution in [1.82, 2.24) is 5.32 Å². The van der Waals surface area contributed by atoms with E-state index in [-0.39, 0.29) is 5.92 Å². The minimum Gasteiger partial charge on any atom is -0.306 e. The number of hydrogen-bond donors (Lipinski definition) is 1. The van der Waals surface area contributed by atoms with Gasteiger partial charge in [-0.1, -0.05) is 19.3 Å². The van der Waals surface area contributed by atoms with Crippen LogP contribution >= 0.6 is 0 Å². The van der Waals surface area contributed by atoms with Gasteiger partial charge in [0.2, 0.25) is 0 Å². The number of halogens is 3. The van der Waals surface area contributed by atoms with Crippen molar-refractivity contribution >= 4 is 0 Å². The molecule has 2 fully saturated rings. The monoisotopic (exact) mass is 207 g/mol. The van der Waals surface area contributed by atoms with Gasteiger partial charge in [-0.15, -0.1) is 0 Å². The van der Waals surface area contributed by atoms with E-state index in [9.17, 15) is 13.2 Å². The highest BCUT2D eigenvalue weighted by Crippen LogP contribution is 2.41. The number of nitrogens with one attached hydrogen (secondary N) is 1. The van der Waals surface area contributed by atoms with Gasteiger partial charge in [-0.2, -0.15) is 13.2 Å².